The number of nitrogens with two attached hydrogens (primary N) is 1. The first-order valence-electron chi connectivity index (χ1n) is 5.01. The zero-order valence-corrected chi connectivity index (χ0v) is 8.86. The summed E-state index contributed by atoms with van der Waals surface area (Å²) in [5.74, 6) is 0.828. The van der Waals surface area contributed by atoms with Crippen LogP contribution >= 0.6 is 0 Å². The molecule has 0 amide bonds. The van der Waals surface area contributed by atoms with Crippen LogP contribution in [0, 0.1) is 6.92 Å². The number of hydrogen-bond acceptors (Lipinski definition) is 1. The van der Waals surface area contributed by atoms with Gasteiger partial charge in [-0.15, -0.1) is 0 Å². The van der Waals surface area contributed by atoms with E-state index < -0.39 is 0 Å². The third-order valence-corrected chi connectivity index (χ3v) is 3.15. The standard InChI is InChI=1S/C12H13N3/c1-8-12(13)15-10-6-4-3-5-9(10)7-11(15)14(8)2/h3-7H,13H2,1-2H3. The molecule has 76 valence electrons. The fourth-order valence-corrected chi connectivity index (χ4v) is 2.15. The third kappa shape index (κ3) is 0.897. The van der Waals surface area contributed by atoms with E-state index in [0.29, 0.717) is 0 Å². The quantitative estimate of drug-likeness (QED) is 0.592. The average molecular weight is 199 g/mol. The van der Waals surface area contributed by atoms with Crippen molar-refractivity contribution < 1.29 is 0 Å². The summed E-state index contributed by atoms with van der Waals surface area (Å²) in [4.78, 5) is 0. The van der Waals surface area contributed by atoms with E-state index in [1.54, 1.807) is 0 Å². The largest absolute Gasteiger partial charge is 0.383 e. The highest BCUT2D eigenvalue weighted by atomic mass is 15.2. The summed E-state index contributed by atoms with van der Waals surface area (Å²) in [6, 6.07) is 10.5. The molecule has 0 aliphatic heterocycles. The molecule has 0 atom stereocenters. The summed E-state index contributed by atoms with van der Waals surface area (Å²) < 4.78 is 4.22. The van der Waals surface area contributed by atoms with Crippen molar-refractivity contribution in [3.8, 4) is 0 Å². The van der Waals surface area contributed by atoms with E-state index in [4.69, 9.17) is 5.73 Å². The predicted octanol–water partition coefficient (Wildman–Crippen LogP) is 2.32. The van der Waals surface area contributed by atoms with Crippen LogP contribution in [-0.4, -0.2) is 8.97 Å². The number of rotatable bonds is 0. The molecule has 0 radical (unpaired) electrons. The summed E-state index contributed by atoms with van der Waals surface area (Å²) in [6.45, 7) is 2.04. The van der Waals surface area contributed by atoms with E-state index in [9.17, 15) is 0 Å². The first-order chi connectivity index (χ1) is 7.20. The molecule has 0 unspecified atom stereocenters. The number of hydrogen-bond donors (Lipinski definition) is 1. The van der Waals surface area contributed by atoms with Gasteiger partial charge in [-0.1, -0.05) is 18.2 Å². The Kier molecular flexibility index (Phi) is 1.44. The van der Waals surface area contributed by atoms with Crippen molar-refractivity contribution in [2.24, 2.45) is 7.05 Å². The van der Waals surface area contributed by atoms with Gasteiger partial charge in [0.05, 0.1) is 11.2 Å². The van der Waals surface area contributed by atoms with Gasteiger partial charge >= 0.3 is 0 Å². The molecule has 0 spiro atoms. The highest BCUT2D eigenvalue weighted by molar-refractivity contribution is 5.88. The van der Waals surface area contributed by atoms with Crippen molar-refractivity contribution >= 4 is 22.4 Å². The monoisotopic (exact) mass is 199 g/mol. The van der Waals surface area contributed by atoms with Crippen LogP contribution in [0.25, 0.3) is 16.6 Å². The Morgan fingerprint density at radius 3 is 2.73 bits per heavy atom. The van der Waals surface area contributed by atoms with E-state index in [-0.39, 0.29) is 0 Å². The van der Waals surface area contributed by atoms with Crippen LogP contribution in [0.2, 0.25) is 0 Å². The van der Waals surface area contributed by atoms with Crippen LogP contribution < -0.4 is 5.73 Å². The van der Waals surface area contributed by atoms with Crippen molar-refractivity contribution in [3.05, 3.63) is 36.0 Å². The van der Waals surface area contributed by atoms with Crippen LogP contribution in [0.5, 0.6) is 0 Å². The Labute approximate surface area is 87.7 Å². The molecule has 0 fully saturated rings. The van der Waals surface area contributed by atoms with Crippen LogP contribution in [0.3, 0.4) is 0 Å². The average Bonchev–Trinajstić information content (AvgIpc) is 2.72. The molecule has 0 aliphatic rings. The van der Waals surface area contributed by atoms with Crippen molar-refractivity contribution in [3.63, 3.8) is 0 Å². The molecule has 3 rings (SSSR count). The van der Waals surface area contributed by atoms with Crippen molar-refractivity contribution in [1.29, 1.82) is 0 Å². The maximum absolute atomic E-state index is 6.09. The first kappa shape index (κ1) is 8.41. The summed E-state index contributed by atoms with van der Waals surface area (Å²) in [5, 5.41) is 1.23. The predicted molar refractivity (Wildman–Crippen MR) is 63.0 cm³/mol. The third-order valence-electron chi connectivity index (χ3n) is 3.15. The first-order valence-corrected chi connectivity index (χ1v) is 5.01. The highest BCUT2D eigenvalue weighted by Crippen LogP contribution is 2.26. The number of benzene rings is 1. The zero-order valence-electron chi connectivity index (χ0n) is 8.86. The molecule has 2 N–H and O–H groups in total. The van der Waals surface area contributed by atoms with Gasteiger partial charge in [0.25, 0.3) is 0 Å². The Morgan fingerprint density at radius 2 is 1.93 bits per heavy atom. The lowest BCUT2D eigenvalue weighted by atomic mass is 10.2. The fraction of sp³-hybridized carbons (Fsp3) is 0.167. The van der Waals surface area contributed by atoms with Gasteiger partial charge in [-0.3, -0.25) is 4.40 Å². The summed E-state index contributed by atoms with van der Waals surface area (Å²) in [6.07, 6.45) is 0. The molecule has 3 aromatic rings. The number of nitrogens with zero attached hydrogens (tertiary/aromatic N) is 2. The van der Waals surface area contributed by atoms with Gasteiger partial charge in [-0.05, 0) is 19.1 Å². The number of anilines is 1. The number of imidazole rings is 1. The van der Waals surface area contributed by atoms with E-state index in [1.165, 1.54) is 10.9 Å². The molecular formula is C12H13N3. The number of fused-ring (bicyclic) bond motifs is 3. The van der Waals surface area contributed by atoms with Gasteiger partial charge < -0.3 is 10.3 Å². The number of aromatic nitrogens is 2. The van der Waals surface area contributed by atoms with Crippen LogP contribution in [0.1, 0.15) is 5.69 Å². The van der Waals surface area contributed by atoms with Crippen LogP contribution in [-0.2, 0) is 7.05 Å². The summed E-state index contributed by atoms with van der Waals surface area (Å²) in [7, 11) is 2.04. The topological polar surface area (TPSA) is 35.4 Å². The van der Waals surface area contributed by atoms with Crippen molar-refractivity contribution in [2.45, 2.75) is 6.92 Å². The van der Waals surface area contributed by atoms with Gasteiger partial charge in [0.15, 0.2) is 0 Å². The lowest BCUT2D eigenvalue weighted by Gasteiger charge is -1.96. The Balaban J connectivity index is 2.65. The molecule has 15 heavy (non-hydrogen) atoms. The van der Waals surface area contributed by atoms with E-state index in [0.717, 1.165) is 17.2 Å². The van der Waals surface area contributed by atoms with Crippen LogP contribution in [0.15, 0.2) is 30.3 Å². The molecule has 2 heterocycles. The molecule has 0 saturated heterocycles. The highest BCUT2D eigenvalue weighted by Gasteiger charge is 2.11. The second-order valence-corrected chi connectivity index (χ2v) is 3.93. The molecule has 0 aliphatic carbocycles. The number of nitrogen functional groups attached to an aromatic ring is 1. The Morgan fingerprint density at radius 1 is 1.20 bits per heavy atom. The summed E-state index contributed by atoms with van der Waals surface area (Å²) >= 11 is 0. The Bertz CT molecular complexity index is 658. The minimum atomic E-state index is 0.828. The van der Waals surface area contributed by atoms with Gasteiger partial charge in [-0.25, -0.2) is 0 Å². The van der Waals surface area contributed by atoms with Gasteiger partial charge in [0.2, 0.25) is 0 Å². The van der Waals surface area contributed by atoms with E-state index in [1.807, 2.05) is 26.1 Å². The fourth-order valence-electron chi connectivity index (χ4n) is 2.15. The Hall–Kier alpha value is -1.90. The molecule has 1 aromatic carbocycles. The zero-order chi connectivity index (χ0) is 10.6. The van der Waals surface area contributed by atoms with Crippen molar-refractivity contribution in [2.75, 3.05) is 5.73 Å². The van der Waals surface area contributed by atoms with Gasteiger partial charge in [0, 0.05) is 12.4 Å². The van der Waals surface area contributed by atoms with Gasteiger partial charge in [0.1, 0.15) is 11.5 Å². The molecule has 3 heteroatoms. The van der Waals surface area contributed by atoms with Crippen molar-refractivity contribution in [1.82, 2.24) is 8.97 Å². The summed E-state index contributed by atoms with van der Waals surface area (Å²) in [5.41, 5.74) is 9.52. The minimum Gasteiger partial charge on any atom is -0.383 e. The maximum atomic E-state index is 6.09. The number of aryl methyl sites for hydroxylation is 1. The lowest BCUT2D eigenvalue weighted by Crippen LogP contribution is -1.94. The second kappa shape index (κ2) is 2.57. The normalized spacial score (nSPS) is 11.6. The van der Waals surface area contributed by atoms with Crippen LogP contribution in [0.4, 0.5) is 5.82 Å². The molecule has 3 nitrogen and oxygen atoms in total. The minimum absolute atomic E-state index is 0.828. The molecule has 2 aromatic heterocycles. The van der Waals surface area contributed by atoms with E-state index in [2.05, 4.69) is 27.2 Å². The maximum Gasteiger partial charge on any atom is 0.129 e. The second-order valence-electron chi connectivity index (χ2n) is 3.93. The smallest absolute Gasteiger partial charge is 0.129 e. The lowest BCUT2D eigenvalue weighted by molar-refractivity contribution is 0.916. The van der Waals surface area contributed by atoms with Gasteiger partial charge in [-0.2, -0.15) is 0 Å². The molecule has 0 saturated carbocycles. The molecular weight excluding hydrogens is 186 g/mol. The molecule has 0 bridgehead atoms. The SMILES string of the molecule is Cc1c(N)n2c3ccccc3cc2n1C. The number of para-hydroxylation sites is 1. The van der Waals surface area contributed by atoms with E-state index >= 15 is 0 Å².